The van der Waals surface area contributed by atoms with Crippen LogP contribution in [-0.2, 0) is 4.79 Å². The first-order valence-electron chi connectivity index (χ1n) is 9.58. The molecular weight excluding hydrogens is 443 g/mol. The Hall–Kier alpha value is -2.35. The zero-order valence-electron chi connectivity index (χ0n) is 16.5. The summed E-state index contributed by atoms with van der Waals surface area (Å²) in [4.78, 5) is 28.4. The molecule has 2 aromatic carbocycles. The van der Waals surface area contributed by atoms with Crippen LogP contribution < -0.4 is 15.5 Å². The molecule has 2 N–H and O–H groups in total. The van der Waals surface area contributed by atoms with E-state index in [2.05, 4.69) is 15.5 Å². The highest BCUT2D eigenvalue weighted by atomic mass is 35.5. The highest BCUT2D eigenvalue weighted by Gasteiger charge is 2.22. The molecule has 2 amide bonds. The summed E-state index contributed by atoms with van der Waals surface area (Å²) in [5, 5.41) is 6.74. The highest BCUT2D eigenvalue weighted by Crippen LogP contribution is 2.30. The van der Waals surface area contributed by atoms with Gasteiger partial charge in [-0.2, -0.15) is 0 Å². The summed E-state index contributed by atoms with van der Waals surface area (Å²) >= 11 is 17.6. The zero-order chi connectivity index (χ0) is 21.7. The predicted octanol–water partition coefficient (Wildman–Crippen LogP) is 4.18. The fraction of sp³-hybridized carbons (Fsp3) is 0.286. The number of nitrogens with one attached hydrogen (secondary N) is 2. The van der Waals surface area contributed by atoms with E-state index in [0.717, 1.165) is 5.69 Å². The number of piperazine rings is 1. The van der Waals surface area contributed by atoms with E-state index in [1.807, 2.05) is 17.9 Å². The van der Waals surface area contributed by atoms with Gasteiger partial charge >= 0.3 is 0 Å². The molecule has 0 radical (unpaired) electrons. The second kappa shape index (κ2) is 10.1. The smallest absolute Gasteiger partial charge is 0.258 e. The number of rotatable bonds is 4. The van der Waals surface area contributed by atoms with Crippen LogP contribution >= 0.6 is 35.4 Å². The number of hydrogen-bond donors (Lipinski definition) is 2. The molecule has 1 aliphatic rings. The van der Waals surface area contributed by atoms with Gasteiger partial charge in [0.1, 0.15) is 0 Å². The van der Waals surface area contributed by atoms with E-state index in [4.69, 9.17) is 35.4 Å². The number of nitrogens with zero attached hydrogens (tertiary/aromatic N) is 2. The van der Waals surface area contributed by atoms with E-state index in [1.165, 1.54) is 0 Å². The lowest BCUT2D eigenvalue weighted by atomic mass is 10.2. The number of benzene rings is 2. The quantitative estimate of drug-likeness (QED) is 0.664. The number of hydrogen-bond acceptors (Lipinski definition) is 4. The minimum atomic E-state index is -0.395. The van der Waals surface area contributed by atoms with E-state index in [9.17, 15) is 9.59 Å². The summed E-state index contributed by atoms with van der Waals surface area (Å²) in [6.45, 7) is 4.57. The Morgan fingerprint density at radius 3 is 2.43 bits per heavy atom. The Balaban J connectivity index is 1.70. The van der Waals surface area contributed by atoms with Crippen molar-refractivity contribution in [2.24, 2.45) is 0 Å². The van der Waals surface area contributed by atoms with E-state index in [1.54, 1.807) is 36.4 Å². The van der Waals surface area contributed by atoms with Crippen LogP contribution in [-0.4, -0.2) is 48.0 Å². The molecule has 30 heavy (non-hydrogen) atoms. The van der Waals surface area contributed by atoms with Crippen LogP contribution in [0.4, 0.5) is 11.4 Å². The standard InChI is InChI=1S/C21H22Cl2N4O2S/c1-2-19(28)27-11-9-26(10-12-27)18-8-7-14(22)13-17(18)24-21(30)25-20(29)15-5-3-4-6-16(15)23/h3-8,13H,2,9-12H2,1H3,(H2,24,25,29,30). The van der Waals surface area contributed by atoms with Gasteiger partial charge in [-0.25, -0.2) is 0 Å². The lowest BCUT2D eigenvalue weighted by molar-refractivity contribution is -0.131. The molecule has 9 heteroatoms. The number of halogens is 2. The van der Waals surface area contributed by atoms with Crippen molar-refractivity contribution in [2.75, 3.05) is 36.4 Å². The summed E-state index contributed by atoms with van der Waals surface area (Å²) in [6, 6.07) is 12.2. The molecule has 0 saturated carbocycles. The molecule has 0 unspecified atom stereocenters. The normalized spacial score (nSPS) is 13.7. The Kier molecular flexibility index (Phi) is 7.53. The second-order valence-corrected chi connectivity index (χ2v) is 8.02. The molecule has 158 valence electrons. The third kappa shape index (κ3) is 5.41. The summed E-state index contributed by atoms with van der Waals surface area (Å²) in [7, 11) is 0. The molecule has 6 nitrogen and oxygen atoms in total. The number of carbonyl (C=O) groups is 2. The molecule has 3 rings (SSSR count). The van der Waals surface area contributed by atoms with Gasteiger partial charge in [-0.15, -0.1) is 0 Å². The van der Waals surface area contributed by atoms with Crippen LogP contribution in [0, 0.1) is 0 Å². The first-order valence-corrected chi connectivity index (χ1v) is 10.7. The largest absolute Gasteiger partial charge is 0.366 e. The number of anilines is 2. The Morgan fingerprint density at radius 1 is 1.07 bits per heavy atom. The topological polar surface area (TPSA) is 64.7 Å². The van der Waals surface area contributed by atoms with Gasteiger partial charge in [0.05, 0.1) is 22.0 Å². The molecule has 0 bridgehead atoms. The molecule has 0 aliphatic carbocycles. The monoisotopic (exact) mass is 464 g/mol. The van der Waals surface area contributed by atoms with Crippen LogP contribution in [0.3, 0.4) is 0 Å². The molecule has 0 aromatic heterocycles. The maximum Gasteiger partial charge on any atom is 0.258 e. The summed E-state index contributed by atoms with van der Waals surface area (Å²) in [5.41, 5.74) is 1.92. The highest BCUT2D eigenvalue weighted by molar-refractivity contribution is 7.80. The molecule has 1 fully saturated rings. The first kappa shape index (κ1) is 22.3. The number of carbonyl (C=O) groups excluding carboxylic acids is 2. The third-order valence-corrected chi connectivity index (χ3v) is 5.60. The molecule has 1 heterocycles. The maximum absolute atomic E-state index is 12.5. The van der Waals surface area contributed by atoms with Crippen LogP contribution in [0.15, 0.2) is 42.5 Å². The van der Waals surface area contributed by atoms with Crippen molar-refractivity contribution in [2.45, 2.75) is 13.3 Å². The fourth-order valence-corrected chi connectivity index (χ4v) is 3.87. The average molecular weight is 465 g/mol. The van der Waals surface area contributed by atoms with Crippen molar-refractivity contribution in [3.8, 4) is 0 Å². The molecule has 1 aliphatic heterocycles. The van der Waals surface area contributed by atoms with Crippen LogP contribution in [0.25, 0.3) is 0 Å². The van der Waals surface area contributed by atoms with Gasteiger partial charge in [0, 0.05) is 37.6 Å². The molecule has 0 atom stereocenters. The summed E-state index contributed by atoms with van der Waals surface area (Å²) < 4.78 is 0. The Morgan fingerprint density at radius 2 is 1.77 bits per heavy atom. The minimum absolute atomic E-state index is 0.142. The number of thiocarbonyl (C=S) groups is 1. The fourth-order valence-electron chi connectivity index (χ4n) is 3.27. The van der Waals surface area contributed by atoms with E-state index in [0.29, 0.717) is 53.9 Å². The Labute approximate surface area is 191 Å². The van der Waals surface area contributed by atoms with Gasteiger partial charge in [0.15, 0.2) is 5.11 Å². The van der Waals surface area contributed by atoms with Crippen molar-refractivity contribution in [3.05, 3.63) is 58.1 Å². The lowest BCUT2D eigenvalue weighted by Gasteiger charge is -2.37. The maximum atomic E-state index is 12.5. The lowest BCUT2D eigenvalue weighted by Crippen LogP contribution is -2.48. The van der Waals surface area contributed by atoms with Crippen molar-refractivity contribution < 1.29 is 9.59 Å². The van der Waals surface area contributed by atoms with Crippen molar-refractivity contribution in [1.82, 2.24) is 10.2 Å². The zero-order valence-corrected chi connectivity index (χ0v) is 18.8. The summed E-state index contributed by atoms with van der Waals surface area (Å²) in [6.07, 6.45) is 0.507. The van der Waals surface area contributed by atoms with Crippen molar-refractivity contribution in [1.29, 1.82) is 0 Å². The predicted molar refractivity (Wildman–Crippen MR) is 126 cm³/mol. The van der Waals surface area contributed by atoms with Gasteiger partial charge in [0.2, 0.25) is 5.91 Å². The van der Waals surface area contributed by atoms with Gasteiger partial charge in [0.25, 0.3) is 5.91 Å². The molecule has 2 aromatic rings. The van der Waals surface area contributed by atoms with Crippen LogP contribution in [0.1, 0.15) is 23.7 Å². The van der Waals surface area contributed by atoms with Crippen molar-refractivity contribution >= 4 is 63.7 Å². The SMILES string of the molecule is CCC(=O)N1CCN(c2ccc(Cl)cc2NC(=S)NC(=O)c2ccccc2Cl)CC1. The van der Waals surface area contributed by atoms with Gasteiger partial charge in [-0.1, -0.05) is 42.3 Å². The van der Waals surface area contributed by atoms with E-state index in [-0.39, 0.29) is 11.0 Å². The van der Waals surface area contributed by atoms with E-state index >= 15 is 0 Å². The molecule has 0 spiro atoms. The minimum Gasteiger partial charge on any atom is -0.366 e. The first-order chi connectivity index (χ1) is 14.4. The second-order valence-electron chi connectivity index (χ2n) is 6.77. The van der Waals surface area contributed by atoms with E-state index < -0.39 is 5.91 Å². The van der Waals surface area contributed by atoms with Crippen LogP contribution in [0.2, 0.25) is 10.0 Å². The van der Waals surface area contributed by atoms with Gasteiger partial charge in [-0.3, -0.25) is 14.9 Å². The average Bonchev–Trinajstić information content (AvgIpc) is 2.73. The molecule has 1 saturated heterocycles. The third-order valence-electron chi connectivity index (χ3n) is 4.83. The Bertz CT molecular complexity index is 962. The molecular formula is C21H22Cl2N4O2S. The van der Waals surface area contributed by atoms with Gasteiger partial charge < -0.3 is 15.1 Å². The number of amides is 2. The summed E-state index contributed by atoms with van der Waals surface area (Å²) in [5.74, 6) is -0.235. The van der Waals surface area contributed by atoms with Gasteiger partial charge in [-0.05, 0) is 42.5 Å². The van der Waals surface area contributed by atoms with Crippen molar-refractivity contribution in [3.63, 3.8) is 0 Å². The van der Waals surface area contributed by atoms with Crippen LogP contribution in [0.5, 0.6) is 0 Å².